The van der Waals surface area contributed by atoms with Crippen molar-refractivity contribution in [1.82, 2.24) is 9.78 Å². The molecule has 0 fully saturated rings. The molecule has 0 amide bonds. The van der Waals surface area contributed by atoms with E-state index in [4.69, 9.17) is 17.3 Å². The van der Waals surface area contributed by atoms with Gasteiger partial charge < -0.3 is 5.73 Å². The lowest BCUT2D eigenvalue weighted by Crippen LogP contribution is -2.02. The largest absolute Gasteiger partial charge is 0.383 e. The predicted molar refractivity (Wildman–Crippen MR) is 78.7 cm³/mol. The van der Waals surface area contributed by atoms with Gasteiger partial charge in [-0.3, -0.25) is 0 Å². The van der Waals surface area contributed by atoms with Gasteiger partial charge in [0.25, 0.3) is 0 Å². The first-order valence-corrected chi connectivity index (χ1v) is 7.01. The molecule has 0 atom stereocenters. The predicted octanol–water partition coefficient (Wildman–Crippen LogP) is 3.92. The van der Waals surface area contributed by atoms with Crippen LogP contribution in [0.3, 0.4) is 0 Å². The monoisotopic (exact) mass is 281 g/mol. The van der Waals surface area contributed by atoms with Crippen LogP contribution >= 0.6 is 23.4 Å². The van der Waals surface area contributed by atoms with Gasteiger partial charge in [0.2, 0.25) is 0 Å². The second-order valence-electron chi connectivity index (χ2n) is 4.41. The van der Waals surface area contributed by atoms with Crippen LogP contribution < -0.4 is 5.73 Å². The number of rotatable bonds is 3. The first kappa shape index (κ1) is 13.3. The van der Waals surface area contributed by atoms with Crippen molar-refractivity contribution in [1.29, 1.82) is 0 Å². The summed E-state index contributed by atoms with van der Waals surface area (Å²) in [5.74, 6) is 0.661. The lowest BCUT2D eigenvalue weighted by Gasteiger charge is -2.07. The summed E-state index contributed by atoms with van der Waals surface area (Å²) >= 11 is 7.83. The minimum absolute atomic E-state index is 0.478. The molecule has 0 radical (unpaired) electrons. The number of anilines is 1. The Labute approximate surface area is 116 Å². The average Bonchev–Trinajstić information content (AvgIpc) is 2.64. The Morgan fingerprint density at radius 3 is 2.72 bits per heavy atom. The summed E-state index contributed by atoms with van der Waals surface area (Å²) < 4.78 is 1.72. The first-order chi connectivity index (χ1) is 8.49. The fraction of sp³-hybridized carbons (Fsp3) is 0.308. The van der Waals surface area contributed by atoms with E-state index in [1.165, 1.54) is 0 Å². The van der Waals surface area contributed by atoms with E-state index < -0.39 is 0 Å². The normalized spacial score (nSPS) is 11.2. The van der Waals surface area contributed by atoms with Gasteiger partial charge in [0.1, 0.15) is 5.82 Å². The molecule has 1 aromatic carbocycles. The first-order valence-electron chi connectivity index (χ1n) is 5.75. The molecule has 0 spiro atoms. The zero-order valence-corrected chi connectivity index (χ0v) is 12.2. The van der Waals surface area contributed by atoms with E-state index in [1.807, 2.05) is 25.1 Å². The van der Waals surface area contributed by atoms with Crippen LogP contribution in [0, 0.1) is 6.92 Å². The molecule has 0 aliphatic carbocycles. The van der Waals surface area contributed by atoms with Crippen molar-refractivity contribution in [3.8, 4) is 5.69 Å². The van der Waals surface area contributed by atoms with Gasteiger partial charge in [0.05, 0.1) is 16.8 Å². The number of aromatic nitrogens is 2. The molecule has 5 heteroatoms. The van der Waals surface area contributed by atoms with E-state index >= 15 is 0 Å². The fourth-order valence-electron chi connectivity index (χ4n) is 1.61. The molecule has 1 aromatic heterocycles. The summed E-state index contributed by atoms with van der Waals surface area (Å²) in [5.41, 5.74) is 8.04. The molecule has 0 saturated heterocycles. The number of nitrogens with zero attached hydrogens (tertiary/aromatic N) is 2. The quantitative estimate of drug-likeness (QED) is 0.867. The molecule has 0 unspecified atom stereocenters. The molecule has 2 aromatic rings. The van der Waals surface area contributed by atoms with Crippen LogP contribution in [0.4, 0.5) is 5.82 Å². The summed E-state index contributed by atoms with van der Waals surface area (Å²) in [5, 5.41) is 5.52. The van der Waals surface area contributed by atoms with Crippen molar-refractivity contribution in [3.63, 3.8) is 0 Å². The summed E-state index contributed by atoms with van der Waals surface area (Å²) in [6.45, 7) is 6.23. The third-order valence-electron chi connectivity index (χ3n) is 2.53. The van der Waals surface area contributed by atoms with Crippen molar-refractivity contribution >= 4 is 29.2 Å². The lowest BCUT2D eigenvalue weighted by atomic mass is 10.2. The van der Waals surface area contributed by atoms with Crippen molar-refractivity contribution in [2.75, 3.05) is 5.73 Å². The Morgan fingerprint density at radius 1 is 1.39 bits per heavy atom. The topological polar surface area (TPSA) is 43.8 Å². The van der Waals surface area contributed by atoms with Crippen molar-refractivity contribution in [3.05, 3.63) is 35.0 Å². The van der Waals surface area contributed by atoms with Crippen LogP contribution in [0.15, 0.2) is 29.3 Å². The van der Waals surface area contributed by atoms with Gasteiger partial charge in [-0.1, -0.05) is 31.5 Å². The van der Waals surface area contributed by atoms with Gasteiger partial charge in [0.15, 0.2) is 0 Å². The highest BCUT2D eigenvalue weighted by molar-refractivity contribution is 8.00. The molecule has 0 saturated carbocycles. The van der Waals surface area contributed by atoms with Crippen LogP contribution in [0.25, 0.3) is 5.69 Å². The molecule has 0 bridgehead atoms. The van der Waals surface area contributed by atoms with Crippen molar-refractivity contribution in [2.45, 2.75) is 30.9 Å². The van der Waals surface area contributed by atoms with Crippen LogP contribution in [0.1, 0.15) is 19.4 Å². The number of nitrogen functional groups attached to an aromatic ring is 1. The van der Waals surface area contributed by atoms with Gasteiger partial charge >= 0.3 is 0 Å². The highest BCUT2D eigenvalue weighted by Gasteiger charge is 2.11. The summed E-state index contributed by atoms with van der Waals surface area (Å²) in [4.78, 5) is 1.00. The number of benzene rings is 1. The maximum Gasteiger partial charge on any atom is 0.140 e. The Morgan fingerprint density at radius 2 is 2.11 bits per heavy atom. The standard InChI is InChI=1S/C13H16ClN3S/c1-8(2)18-12-7-16-17(13(12)15)10-5-4-9(3)11(14)6-10/h4-8H,15H2,1-3H3. The fourth-order valence-corrected chi connectivity index (χ4v) is 2.60. The molecule has 3 nitrogen and oxygen atoms in total. The molecular formula is C13H16ClN3S. The molecule has 18 heavy (non-hydrogen) atoms. The Hall–Kier alpha value is -1.13. The minimum Gasteiger partial charge on any atom is -0.383 e. The Kier molecular flexibility index (Phi) is 3.88. The molecular weight excluding hydrogens is 266 g/mol. The third kappa shape index (κ3) is 2.65. The van der Waals surface area contributed by atoms with E-state index in [0.717, 1.165) is 21.2 Å². The van der Waals surface area contributed by atoms with E-state index in [2.05, 4.69) is 18.9 Å². The molecule has 0 aliphatic rings. The second-order valence-corrected chi connectivity index (χ2v) is 6.43. The SMILES string of the molecule is Cc1ccc(-n2ncc(SC(C)C)c2N)cc1Cl. The lowest BCUT2D eigenvalue weighted by molar-refractivity contribution is 0.890. The van der Waals surface area contributed by atoms with Gasteiger partial charge in [-0.05, 0) is 24.6 Å². The van der Waals surface area contributed by atoms with E-state index in [0.29, 0.717) is 11.1 Å². The van der Waals surface area contributed by atoms with Gasteiger partial charge in [-0.15, -0.1) is 11.8 Å². The molecule has 96 valence electrons. The maximum absolute atomic E-state index is 6.12. The second kappa shape index (κ2) is 5.24. The van der Waals surface area contributed by atoms with E-state index in [9.17, 15) is 0 Å². The minimum atomic E-state index is 0.478. The van der Waals surface area contributed by atoms with E-state index in [1.54, 1.807) is 22.6 Å². The Bertz CT molecular complexity index is 563. The summed E-state index contributed by atoms with van der Waals surface area (Å²) in [6, 6.07) is 5.81. The van der Waals surface area contributed by atoms with E-state index in [-0.39, 0.29) is 0 Å². The van der Waals surface area contributed by atoms with Crippen molar-refractivity contribution in [2.24, 2.45) is 0 Å². The van der Waals surface area contributed by atoms with Gasteiger partial charge in [-0.25, -0.2) is 4.68 Å². The Balaban J connectivity index is 2.39. The third-order valence-corrected chi connectivity index (χ3v) is 3.98. The zero-order chi connectivity index (χ0) is 13.3. The molecule has 2 rings (SSSR count). The van der Waals surface area contributed by atoms with Crippen LogP contribution in [0.2, 0.25) is 5.02 Å². The van der Waals surface area contributed by atoms with Gasteiger partial charge in [0, 0.05) is 10.3 Å². The summed E-state index contributed by atoms with van der Waals surface area (Å²) in [7, 11) is 0. The number of hydrogen-bond acceptors (Lipinski definition) is 3. The number of halogens is 1. The average molecular weight is 282 g/mol. The highest BCUT2D eigenvalue weighted by atomic mass is 35.5. The number of thioether (sulfide) groups is 1. The highest BCUT2D eigenvalue weighted by Crippen LogP contribution is 2.30. The number of nitrogens with two attached hydrogens (primary N) is 1. The smallest absolute Gasteiger partial charge is 0.140 e. The van der Waals surface area contributed by atoms with Crippen LogP contribution in [-0.2, 0) is 0 Å². The zero-order valence-electron chi connectivity index (χ0n) is 10.6. The van der Waals surface area contributed by atoms with Crippen molar-refractivity contribution < 1.29 is 0 Å². The number of aryl methyl sites for hydroxylation is 1. The number of hydrogen-bond donors (Lipinski definition) is 1. The van der Waals surface area contributed by atoms with Gasteiger partial charge in [-0.2, -0.15) is 5.10 Å². The molecule has 2 N–H and O–H groups in total. The summed E-state index contributed by atoms with van der Waals surface area (Å²) in [6.07, 6.45) is 1.80. The molecule has 1 heterocycles. The molecule has 0 aliphatic heterocycles. The van der Waals surface area contributed by atoms with Crippen LogP contribution in [0.5, 0.6) is 0 Å². The maximum atomic E-state index is 6.12. The van der Waals surface area contributed by atoms with Crippen LogP contribution in [-0.4, -0.2) is 15.0 Å².